The van der Waals surface area contributed by atoms with Crippen LogP contribution >= 0.6 is 0 Å². The van der Waals surface area contributed by atoms with Gasteiger partial charge in [0.2, 0.25) is 0 Å². The van der Waals surface area contributed by atoms with Crippen LogP contribution in [0.2, 0.25) is 0 Å². The van der Waals surface area contributed by atoms with Gasteiger partial charge in [0.15, 0.2) is 0 Å². The Hall–Kier alpha value is -2.74. The number of amides is 1. The first kappa shape index (κ1) is 17.6. The second-order valence-electron chi connectivity index (χ2n) is 6.18. The Kier molecular flexibility index (Phi) is 4.99. The SMILES string of the molecule is CC(C)C(C)(CN)NC(=O)c1cnn(-c2ccc([N+](=O)[O-])cc2)c1. The number of non-ortho nitro benzene ring substituents is 1. The third kappa shape index (κ3) is 3.60. The molecular formula is C16H21N5O3. The monoisotopic (exact) mass is 331 g/mol. The number of nitro groups is 1. The number of rotatable bonds is 6. The molecule has 0 fully saturated rings. The third-order valence-corrected chi connectivity index (χ3v) is 4.27. The molecule has 0 spiro atoms. The Balaban J connectivity index is 2.18. The number of benzene rings is 1. The summed E-state index contributed by atoms with van der Waals surface area (Å²) in [7, 11) is 0. The van der Waals surface area contributed by atoms with Crippen LogP contribution in [0.3, 0.4) is 0 Å². The van der Waals surface area contributed by atoms with Gasteiger partial charge >= 0.3 is 0 Å². The molecule has 0 saturated heterocycles. The molecule has 0 aliphatic heterocycles. The van der Waals surface area contributed by atoms with E-state index in [0.717, 1.165) is 0 Å². The van der Waals surface area contributed by atoms with Crippen LogP contribution in [0.4, 0.5) is 5.69 Å². The van der Waals surface area contributed by atoms with Crippen molar-refractivity contribution in [3.8, 4) is 5.69 Å². The van der Waals surface area contributed by atoms with E-state index in [1.807, 2.05) is 20.8 Å². The maximum absolute atomic E-state index is 12.4. The van der Waals surface area contributed by atoms with Crippen LogP contribution in [-0.2, 0) is 0 Å². The first-order valence-corrected chi connectivity index (χ1v) is 7.59. The van der Waals surface area contributed by atoms with Gasteiger partial charge in [-0.15, -0.1) is 0 Å². The molecule has 3 N–H and O–H groups in total. The van der Waals surface area contributed by atoms with Gasteiger partial charge in [0.1, 0.15) is 0 Å². The summed E-state index contributed by atoms with van der Waals surface area (Å²) in [6, 6.07) is 5.93. The molecule has 8 nitrogen and oxygen atoms in total. The highest BCUT2D eigenvalue weighted by Crippen LogP contribution is 2.17. The van der Waals surface area contributed by atoms with E-state index >= 15 is 0 Å². The van der Waals surface area contributed by atoms with Crippen molar-refractivity contribution in [1.29, 1.82) is 0 Å². The van der Waals surface area contributed by atoms with Gasteiger partial charge < -0.3 is 11.1 Å². The van der Waals surface area contributed by atoms with Crippen LogP contribution < -0.4 is 11.1 Å². The quantitative estimate of drug-likeness (QED) is 0.619. The Morgan fingerprint density at radius 1 is 1.42 bits per heavy atom. The van der Waals surface area contributed by atoms with Gasteiger partial charge in [-0.3, -0.25) is 14.9 Å². The highest BCUT2D eigenvalue weighted by Gasteiger charge is 2.29. The molecule has 0 bridgehead atoms. The minimum Gasteiger partial charge on any atom is -0.345 e. The molecular weight excluding hydrogens is 310 g/mol. The topological polar surface area (TPSA) is 116 Å². The van der Waals surface area contributed by atoms with Gasteiger partial charge in [-0.1, -0.05) is 13.8 Å². The van der Waals surface area contributed by atoms with Crippen molar-refractivity contribution in [2.75, 3.05) is 6.54 Å². The molecule has 1 aromatic carbocycles. The lowest BCUT2D eigenvalue weighted by Gasteiger charge is -2.33. The van der Waals surface area contributed by atoms with Crippen molar-refractivity contribution in [1.82, 2.24) is 15.1 Å². The number of nitro benzene ring substituents is 1. The first-order chi connectivity index (χ1) is 11.3. The molecule has 1 amide bonds. The van der Waals surface area contributed by atoms with E-state index in [1.54, 1.807) is 18.3 Å². The maximum atomic E-state index is 12.4. The molecule has 1 aromatic heterocycles. The maximum Gasteiger partial charge on any atom is 0.269 e. The fourth-order valence-electron chi connectivity index (χ4n) is 2.07. The van der Waals surface area contributed by atoms with E-state index < -0.39 is 10.5 Å². The van der Waals surface area contributed by atoms with Crippen molar-refractivity contribution in [3.63, 3.8) is 0 Å². The number of nitrogens with one attached hydrogen (secondary N) is 1. The van der Waals surface area contributed by atoms with Crippen LogP contribution in [0, 0.1) is 16.0 Å². The Morgan fingerprint density at radius 2 is 2.04 bits per heavy atom. The summed E-state index contributed by atoms with van der Waals surface area (Å²) in [5.41, 5.74) is 6.30. The average Bonchev–Trinajstić information content (AvgIpc) is 3.04. The van der Waals surface area contributed by atoms with Crippen molar-refractivity contribution in [3.05, 3.63) is 52.3 Å². The van der Waals surface area contributed by atoms with Gasteiger partial charge in [-0.2, -0.15) is 5.10 Å². The average molecular weight is 331 g/mol. The van der Waals surface area contributed by atoms with Crippen molar-refractivity contribution < 1.29 is 9.72 Å². The number of hydrogen-bond acceptors (Lipinski definition) is 5. The Bertz CT molecular complexity index is 738. The van der Waals surface area contributed by atoms with Crippen molar-refractivity contribution in [2.24, 2.45) is 11.7 Å². The van der Waals surface area contributed by atoms with Crippen molar-refractivity contribution in [2.45, 2.75) is 26.3 Å². The summed E-state index contributed by atoms with van der Waals surface area (Å²) in [5.74, 6) is -0.0824. The normalized spacial score (nSPS) is 13.5. The number of carbonyl (C=O) groups excluding carboxylic acids is 1. The molecule has 8 heteroatoms. The summed E-state index contributed by atoms with van der Waals surface area (Å²) in [4.78, 5) is 22.6. The molecule has 1 heterocycles. The van der Waals surface area contributed by atoms with Gasteiger partial charge in [0.05, 0.1) is 27.9 Å². The summed E-state index contributed by atoms with van der Waals surface area (Å²) in [5, 5.41) is 17.8. The second kappa shape index (κ2) is 6.79. The highest BCUT2D eigenvalue weighted by molar-refractivity contribution is 5.94. The predicted molar refractivity (Wildman–Crippen MR) is 90.0 cm³/mol. The smallest absolute Gasteiger partial charge is 0.269 e. The van der Waals surface area contributed by atoms with E-state index in [1.165, 1.54) is 23.0 Å². The van der Waals surface area contributed by atoms with Gasteiger partial charge in [-0.05, 0) is 25.0 Å². The summed E-state index contributed by atoms with van der Waals surface area (Å²) in [6.07, 6.45) is 3.03. The zero-order chi connectivity index (χ0) is 17.9. The minimum atomic E-state index is -0.507. The molecule has 128 valence electrons. The molecule has 0 aliphatic carbocycles. The fraction of sp³-hybridized carbons (Fsp3) is 0.375. The molecule has 24 heavy (non-hydrogen) atoms. The van der Waals surface area contributed by atoms with Crippen LogP contribution in [0.5, 0.6) is 0 Å². The largest absolute Gasteiger partial charge is 0.345 e. The Morgan fingerprint density at radius 3 is 2.54 bits per heavy atom. The minimum absolute atomic E-state index is 0.000446. The molecule has 1 unspecified atom stereocenters. The predicted octanol–water partition coefficient (Wildman–Crippen LogP) is 1.88. The molecule has 0 radical (unpaired) electrons. The number of hydrogen-bond donors (Lipinski definition) is 2. The molecule has 2 rings (SSSR count). The first-order valence-electron chi connectivity index (χ1n) is 7.59. The molecule has 0 saturated carbocycles. The van der Waals surface area contributed by atoms with E-state index in [4.69, 9.17) is 5.73 Å². The van der Waals surface area contributed by atoms with Crippen LogP contribution in [0.1, 0.15) is 31.1 Å². The summed E-state index contributed by atoms with van der Waals surface area (Å²) in [6.45, 7) is 6.21. The molecule has 2 aromatic rings. The van der Waals surface area contributed by atoms with E-state index in [-0.39, 0.29) is 17.5 Å². The summed E-state index contributed by atoms with van der Waals surface area (Å²) < 4.78 is 1.49. The van der Waals surface area contributed by atoms with Crippen molar-refractivity contribution >= 4 is 11.6 Å². The number of aromatic nitrogens is 2. The Labute approximate surface area is 139 Å². The van der Waals surface area contributed by atoms with Gasteiger partial charge in [-0.25, -0.2) is 4.68 Å². The zero-order valence-electron chi connectivity index (χ0n) is 13.9. The summed E-state index contributed by atoms with van der Waals surface area (Å²) >= 11 is 0. The highest BCUT2D eigenvalue weighted by atomic mass is 16.6. The second-order valence-corrected chi connectivity index (χ2v) is 6.18. The lowest BCUT2D eigenvalue weighted by atomic mass is 9.88. The third-order valence-electron chi connectivity index (χ3n) is 4.27. The lowest BCUT2D eigenvalue weighted by molar-refractivity contribution is -0.384. The number of nitrogens with two attached hydrogens (primary N) is 1. The van der Waals surface area contributed by atoms with E-state index in [0.29, 0.717) is 17.8 Å². The number of nitrogens with zero attached hydrogens (tertiary/aromatic N) is 3. The molecule has 0 aliphatic rings. The van der Waals surface area contributed by atoms with Gasteiger partial charge in [0.25, 0.3) is 11.6 Å². The standard InChI is InChI=1S/C16H21N5O3/c1-11(2)16(3,10-17)19-15(22)12-8-18-20(9-12)13-4-6-14(7-5-13)21(23)24/h4-9,11H,10,17H2,1-3H3,(H,19,22). The van der Waals surface area contributed by atoms with E-state index in [9.17, 15) is 14.9 Å². The van der Waals surface area contributed by atoms with E-state index in [2.05, 4.69) is 10.4 Å². The number of carbonyl (C=O) groups is 1. The molecule has 1 atom stereocenters. The van der Waals surface area contributed by atoms with Crippen LogP contribution in [-0.4, -0.2) is 32.7 Å². The fourth-order valence-corrected chi connectivity index (χ4v) is 2.07. The van der Waals surface area contributed by atoms with Gasteiger partial charge in [0, 0.05) is 24.9 Å². The zero-order valence-corrected chi connectivity index (χ0v) is 13.9. The lowest BCUT2D eigenvalue weighted by Crippen LogP contribution is -2.54. The van der Waals surface area contributed by atoms with Crippen LogP contribution in [0.15, 0.2) is 36.7 Å². The van der Waals surface area contributed by atoms with Crippen LogP contribution in [0.25, 0.3) is 5.69 Å².